The third kappa shape index (κ3) is 3.15. The number of fused-ring (bicyclic) bond motifs is 1. The number of piperidine rings is 1. The molecule has 104 valence electrons. The Morgan fingerprint density at radius 1 is 1.42 bits per heavy atom. The van der Waals surface area contributed by atoms with Gasteiger partial charge in [-0.15, -0.1) is 11.3 Å². The lowest BCUT2D eigenvalue weighted by molar-refractivity contribution is -0.125. The highest BCUT2D eigenvalue weighted by Gasteiger charge is 2.21. The minimum Gasteiger partial charge on any atom is -0.355 e. The van der Waals surface area contributed by atoms with E-state index >= 15 is 0 Å². The van der Waals surface area contributed by atoms with Crippen LogP contribution in [0.1, 0.15) is 34.8 Å². The van der Waals surface area contributed by atoms with Crippen molar-refractivity contribution in [3.05, 3.63) is 15.6 Å². The summed E-state index contributed by atoms with van der Waals surface area (Å²) in [5.74, 6) is 0.367. The molecule has 19 heavy (non-hydrogen) atoms. The average molecular weight is 279 g/mol. The molecule has 1 aliphatic carbocycles. The smallest absolute Gasteiger partial charge is 0.224 e. The van der Waals surface area contributed by atoms with Gasteiger partial charge in [-0.25, -0.2) is 4.98 Å². The molecule has 0 bridgehead atoms. The summed E-state index contributed by atoms with van der Waals surface area (Å²) in [7, 11) is 0. The van der Waals surface area contributed by atoms with E-state index in [-0.39, 0.29) is 11.8 Å². The maximum atomic E-state index is 12.0. The summed E-state index contributed by atoms with van der Waals surface area (Å²) in [5.41, 5.74) is 1.31. The molecular formula is C14H21N3OS. The van der Waals surface area contributed by atoms with Gasteiger partial charge in [-0.1, -0.05) is 0 Å². The van der Waals surface area contributed by atoms with Gasteiger partial charge >= 0.3 is 0 Å². The fraction of sp³-hybridized carbons (Fsp3) is 0.714. The van der Waals surface area contributed by atoms with Gasteiger partial charge in [0, 0.05) is 24.4 Å². The van der Waals surface area contributed by atoms with Gasteiger partial charge in [-0.3, -0.25) is 4.79 Å². The summed E-state index contributed by atoms with van der Waals surface area (Å²) >= 11 is 1.83. The van der Waals surface area contributed by atoms with Crippen molar-refractivity contribution in [3.63, 3.8) is 0 Å². The van der Waals surface area contributed by atoms with Crippen LogP contribution in [0.2, 0.25) is 0 Å². The Morgan fingerprint density at radius 3 is 3.16 bits per heavy atom. The minimum absolute atomic E-state index is 0.162. The monoisotopic (exact) mass is 279 g/mol. The highest BCUT2D eigenvalue weighted by atomic mass is 32.1. The van der Waals surface area contributed by atoms with Crippen molar-refractivity contribution in [3.8, 4) is 0 Å². The Balaban J connectivity index is 1.43. The second-order valence-corrected chi connectivity index (χ2v) is 6.58. The normalized spacial score (nSPS) is 22.2. The van der Waals surface area contributed by atoms with E-state index in [4.69, 9.17) is 0 Å². The highest BCUT2D eigenvalue weighted by Crippen LogP contribution is 2.27. The number of aryl methyl sites for hydroxylation is 2. The molecule has 5 heteroatoms. The molecule has 1 aromatic heterocycles. The number of amides is 1. The van der Waals surface area contributed by atoms with Gasteiger partial charge in [0.15, 0.2) is 0 Å². The molecule has 1 atom stereocenters. The van der Waals surface area contributed by atoms with Gasteiger partial charge in [-0.05, 0) is 38.6 Å². The molecule has 1 unspecified atom stereocenters. The quantitative estimate of drug-likeness (QED) is 0.873. The number of thiazole rings is 1. The molecule has 0 radical (unpaired) electrons. The number of nitrogens with zero attached hydrogens (tertiary/aromatic N) is 1. The predicted molar refractivity (Wildman–Crippen MR) is 76.4 cm³/mol. The molecular weight excluding hydrogens is 258 g/mol. The first-order valence-electron chi connectivity index (χ1n) is 7.29. The number of hydrogen-bond donors (Lipinski definition) is 2. The number of aromatic nitrogens is 1. The van der Waals surface area contributed by atoms with Crippen molar-refractivity contribution in [1.29, 1.82) is 0 Å². The second-order valence-electron chi connectivity index (χ2n) is 5.42. The zero-order chi connectivity index (χ0) is 13.1. The Labute approximate surface area is 118 Å². The van der Waals surface area contributed by atoms with Crippen LogP contribution in [-0.2, 0) is 24.1 Å². The van der Waals surface area contributed by atoms with Crippen molar-refractivity contribution < 1.29 is 4.79 Å². The summed E-state index contributed by atoms with van der Waals surface area (Å²) in [6.07, 6.45) is 6.62. The Morgan fingerprint density at radius 2 is 2.37 bits per heavy atom. The average Bonchev–Trinajstić information content (AvgIpc) is 3.00. The highest BCUT2D eigenvalue weighted by molar-refractivity contribution is 7.11. The molecule has 2 N–H and O–H groups in total. The summed E-state index contributed by atoms with van der Waals surface area (Å²) in [4.78, 5) is 18.1. The van der Waals surface area contributed by atoms with Crippen molar-refractivity contribution in [2.75, 3.05) is 19.6 Å². The van der Waals surface area contributed by atoms with E-state index < -0.39 is 0 Å². The number of rotatable bonds is 4. The van der Waals surface area contributed by atoms with Gasteiger partial charge in [0.2, 0.25) is 5.91 Å². The lowest BCUT2D eigenvalue weighted by Gasteiger charge is -2.21. The number of hydrogen-bond acceptors (Lipinski definition) is 4. The molecule has 1 amide bonds. The largest absolute Gasteiger partial charge is 0.355 e. The van der Waals surface area contributed by atoms with Crippen LogP contribution in [0.5, 0.6) is 0 Å². The standard InChI is InChI=1S/C14H21N3OS/c18-14(10-3-2-7-15-9-10)16-8-6-13-17-11-4-1-5-12(11)19-13/h10,15H,1-9H2,(H,16,18). The maximum Gasteiger partial charge on any atom is 0.224 e. The molecule has 4 nitrogen and oxygen atoms in total. The number of carbonyl (C=O) groups excluding carboxylic acids is 1. The van der Waals surface area contributed by atoms with Crippen LogP contribution in [0, 0.1) is 5.92 Å². The Bertz CT molecular complexity index is 430. The first kappa shape index (κ1) is 13.1. The molecule has 0 aromatic carbocycles. The SMILES string of the molecule is O=C(NCCc1nc2c(s1)CCC2)C1CCCNC1. The molecule has 1 aliphatic heterocycles. The molecule has 1 aromatic rings. The van der Waals surface area contributed by atoms with Crippen molar-refractivity contribution in [2.45, 2.75) is 38.5 Å². The zero-order valence-electron chi connectivity index (χ0n) is 11.2. The van der Waals surface area contributed by atoms with Crippen LogP contribution in [0.4, 0.5) is 0 Å². The van der Waals surface area contributed by atoms with Gasteiger partial charge in [0.25, 0.3) is 0 Å². The molecule has 2 aliphatic rings. The third-order valence-corrected chi connectivity index (χ3v) is 5.16. The van der Waals surface area contributed by atoms with Crippen LogP contribution < -0.4 is 10.6 Å². The second kappa shape index (κ2) is 6.01. The van der Waals surface area contributed by atoms with Gasteiger partial charge in [0.05, 0.1) is 16.6 Å². The fourth-order valence-electron chi connectivity index (χ4n) is 2.86. The summed E-state index contributed by atoms with van der Waals surface area (Å²) in [5, 5.41) is 7.52. The fourth-order valence-corrected chi connectivity index (χ4v) is 4.02. The Hall–Kier alpha value is -0.940. The minimum atomic E-state index is 0.162. The van der Waals surface area contributed by atoms with E-state index in [0.29, 0.717) is 0 Å². The molecule has 0 saturated carbocycles. The van der Waals surface area contributed by atoms with E-state index in [9.17, 15) is 4.79 Å². The first-order valence-corrected chi connectivity index (χ1v) is 8.10. The predicted octanol–water partition coefficient (Wildman–Crippen LogP) is 1.29. The number of carbonyl (C=O) groups is 1. The van der Waals surface area contributed by atoms with Crippen LogP contribution in [0.25, 0.3) is 0 Å². The Kier molecular flexibility index (Phi) is 4.13. The lowest BCUT2D eigenvalue weighted by atomic mass is 9.99. The molecule has 0 spiro atoms. The summed E-state index contributed by atoms with van der Waals surface area (Å²) in [6, 6.07) is 0. The van der Waals surface area contributed by atoms with Crippen molar-refractivity contribution in [2.24, 2.45) is 5.92 Å². The molecule has 1 fully saturated rings. The maximum absolute atomic E-state index is 12.0. The molecule has 1 saturated heterocycles. The lowest BCUT2D eigenvalue weighted by Crippen LogP contribution is -2.41. The molecule has 3 rings (SSSR count). The van der Waals surface area contributed by atoms with Crippen molar-refractivity contribution in [1.82, 2.24) is 15.6 Å². The van der Waals surface area contributed by atoms with E-state index in [0.717, 1.165) is 45.3 Å². The van der Waals surface area contributed by atoms with Gasteiger partial charge in [0.1, 0.15) is 0 Å². The van der Waals surface area contributed by atoms with Crippen molar-refractivity contribution >= 4 is 17.2 Å². The van der Waals surface area contributed by atoms with E-state index in [1.54, 1.807) is 0 Å². The zero-order valence-corrected chi connectivity index (χ0v) is 12.0. The molecule has 2 heterocycles. The van der Waals surface area contributed by atoms with E-state index in [1.807, 2.05) is 11.3 Å². The van der Waals surface area contributed by atoms with E-state index in [2.05, 4.69) is 15.6 Å². The van der Waals surface area contributed by atoms with Gasteiger partial charge < -0.3 is 10.6 Å². The van der Waals surface area contributed by atoms with Crippen LogP contribution in [0.3, 0.4) is 0 Å². The van der Waals surface area contributed by atoms with E-state index in [1.165, 1.54) is 28.4 Å². The van der Waals surface area contributed by atoms with Crippen LogP contribution >= 0.6 is 11.3 Å². The topological polar surface area (TPSA) is 54.0 Å². The first-order chi connectivity index (χ1) is 9.33. The summed E-state index contributed by atoms with van der Waals surface area (Å²) in [6.45, 7) is 2.60. The summed E-state index contributed by atoms with van der Waals surface area (Å²) < 4.78 is 0. The van der Waals surface area contributed by atoms with Gasteiger partial charge in [-0.2, -0.15) is 0 Å². The van der Waals surface area contributed by atoms with Crippen LogP contribution in [0.15, 0.2) is 0 Å². The third-order valence-electron chi connectivity index (χ3n) is 3.95. The number of nitrogens with one attached hydrogen (secondary N) is 2. The van der Waals surface area contributed by atoms with Crippen LogP contribution in [-0.4, -0.2) is 30.5 Å².